The van der Waals surface area contributed by atoms with Gasteiger partial charge in [0.1, 0.15) is 21.2 Å². The number of carbonyl (C=O) groups is 2. The zero-order valence-corrected chi connectivity index (χ0v) is 17.2. The van der Waals surface area contributed by atoms with Crippen molar-refractivity contribution in [1.29, 1.82) is 0 Å². The first-order valence-corrected chi connectivity index (χ1v) is 10.1. The zero-order valence-electron chi connectivity index (χ0n) is 15.6. The van der Waals surface area contributed by atoms with E-state index in [-0.39, 0.29) is 39.7 Å². The summed E-state index contributed by atoms with van der Waals surface area (Å²) < 4.78 is 33.6. The van der Waals surface area contributed by atoms with Crippen LogP contribution in [0.25, 0.3) is 21.5 Å². The molecule has 4 aromatic heterocycles. The van der Waals surface area contributed by atoms with Gasteiger partial charge >= 0.3 is 0 Å². The van der Waals surface area contributed by atoms with E-state index in [9.17, 15) is 18.4 Å². The lowest BCUT2D eigenvalue weighted by atomic mass is 10.1. The van der Waals surface area contributed by atoms with Crippen LogP contribution in [0.15, 0.2) is 41.3 Å². The molecule has 31 heavy (non-hydrogen) atoms. The highest BCUT2D eigenvalue weighted by atomic mass is 35.5. The first-order valence-electron chi connectivity index (χ1n) is 8.90. The Hall–Kier alpha value is -3.31. The monoisotopic (exact) mass is 465 g/mol. The van der Waals surface area contributed by atoms with E-state index in [1.54, 1.807) is 18.3 Å². The van der Waals surface area contributed by atoms with Gasteiger partial charge in [0.2, 0.25) is 5.91 Å². The molecule has 3 N–H and O–H groups in total. The zero-order chi connectivity index (χ0) is 22.1. The van der Waals surface area contributed by atoms with Crippen LogP contribution in [0.1, 0.15) is 28.2 Å². The largest absolute Gasteiger partial charge is 0.464 e. The molecule has 2 amide bonds. The molecule has 4 heterocycles. The number of hydrogen-bond acceptors (Lipinski definition) is 6. The Kier molecular flexibility index (Phi) is 5.70. The third-order valence-corrected chi connectivity index (χ3v) is 5.64. The van der Waals surface area contributed by atoms with Crippen LogP contribution in [0.5, 0.6) is 0 Å². The minimum absolute atomic E-state index is 0.00259. The SMILES string of the molecule is NC(=O)c1sc2nc(C(F)F)cc(-c3ccco3)c2c1NC(=O)CCn1cc(Cl)cn1. The summed E-state index contributed by atoms with van der Waals surface area (Å²) in [6, 6.07) is 4.35. The van der Waals surface area contributed by atoms with E-state index < -0.39 is 23.9 Å². The maximum Gasteiger partial charge on any atom is 0.280 e. The average molecular weight is 466 g/mol. The minimum atomic E-state index is -2.84. The molecule has 0 saturated carbocycles. The molecule has 0 unspecified atom stereocenters. The van der Waals surface area contributed by atoms with Crippen LogP contribution in [0.4, 0.5) is 14.5 Å². The second-order valence-corrected chi connectivity index (χ2v) is 7.88. The van der Waals surface area contributed by atoms with Crippen molar-refractivity contribution in [2.75, 3.05) is 5.32 Å². The molecule has 0 bridgehead atoms. The van der Waals surface area contributed by atoms with Crippen molar-refractivity contribution in [3.8, 4) is 11.3 Å². The quantitative estimate of drug-likeness (QED) is 0.417. The van der Waals surface area contributed by atoms with Crippen LogP contribution in [0, 0.1) is 0 Å². The van der Waals surface area contributed by atoms with E-state index >= 15 is 0 Å². The van der Waals surface area contributed by atoms with E-state index in [0.717, 1.165) is 11.3 Å². The van der Waals surface area contributed by atoms with Gasteiger partial charge in [0.15, 0.2) is 0 Å². The number of pyridine rings is 1. The number of fused-ring (bicyclic) bond motifs is 1. The summed E-state index contributed by atoms with van der Waals surface area (Å²) in [6.07, 6.45) is 1.58. The number of amides is 2. The number of alkyl halides is 2. The topological polar surface area (TPSA) is 116 Å². The van der Waals surface area contributed by atoms with Crippen molar-refractivity contribution in [1.82, 2.24) is 14.8 Å². The van der Waals surface area contributed by atoms with Crippen LogP contribution in [-0.2, 0) is 11.3 Å². The summed E-state index contributed by atoms with van der Waals surface area (Å²) >= 11 is 6.63. The van der Waals surface area contributed by atoms with Crippen LogP contribution >= 0.6 is 22.9 Å². The van der Waals surface area contributed by atoms with Crippen LogP contribution < -0.4 is 11.1 Å². The highest BCUT2D eigenvalue weighted by molar-refractivity contribution is 7.21. The second-order valence-electron chi connectivity index (χ2n) is 6.44. The number of primary amides is 1. The van der Waals surface area contributed by atoms with Crippen LogP contribution in [-0.4, -0.2) is 26.6 Å². The molecule has 0 aliphatic rings. The molecule has 0 radical (unpaired) electrons. The fourth-order valence-electron chi connectivity index (χ4n) is 3.03. The van der Waals surface area contributed by atoms with Crippen molar-refractivity contribution in [3.63, 3.8) is 0 Å². The van der Waals surface area contributed by atoms with Crippen LogP contribution in [0.2, 0.25) is 5.02 Å². The maximum absolute atomic E-state index is 13.4. The summed E-state index contributed by atoms with van der Waals surface area (Å²) in [7, 11) is 0. The molecule has 8 nitrogen and oxygen atoms in total. The molecule has 4 rings (SSSR count). The van der Waals surface area contributed by atoms with Gasteiger partial charge in [-0.2, -0.15) is 5.10 Å². The highest BCUT2D eigenvalue weighted by Crippen LogP contribution is 2.42. The number of rotatable bonds is 7. The number of anilines is 1. The number of nitrogens with one attached hydrogen (secondary N) is 1. The van der Waals surface area contributed by atoms with Crippen molar-refractivity contribution in [2.45, 2.75) is 19.4 Å². The number of nitrogens with two attached hydrogens (primary N) is 1. The molecule has 4 aromatic rings. The predicted molar refractivity (Wildman–Crippen MR) is 111 cm³/mol. The Balaban J connectivity index is 1.76. The molecular formula is C19H14ClF2N5O3S. The molecule has 0 atom stereocenters. The average Bonchev–Trinajstić information content (AvgIpc) is 3.46. The van der Waals surface area contributed by atoms with Gasteiger partial charge in [-0.15, -0.1) is 11.3 Å². The van der Waals surface area contributed by atoms with Gasteiger partial charge in [0.25, 0.3) is 12.3 Å². The lowest BCUT2D eigenvalue weighted by Gasteiger charge is -2.09. The summed E-state index contributed by atoms with van der Waals surface area (Å²) in [6.45, 7) is 0.241. The van der Waals surface area contributed by atoms with E-state index in [4.69, 9.17) is 21.8 Å². The van der Waals surface area contributed by atoms with Crippen molar-refractivity contribution in [2.24, 2.45) is 5.73 Å². The van der Waals surface area contributed by atoms with E-state index in [2.05, 4.69) is 15.4 Å². The molecule has 160 valence electrons. The molecule has 0 aliphatic heterocycles. The summed E-state index contributed by atoms with van der Waals surface area (Å²) in [5.41, 5.74) is 5.37. The van der Waals surface area contributed by atoms with Crippen LogP contribution in [0.3, 0.4) is 0 Å². The molecule has 0 aromatic carbocycles. The predicted octanol–water partition coefficient (Wildman–Crippen LogP) is 4.47. The lowest BCUT2D eigenvalue weighted by Crippen LogP contribution is -2.18. The summed E-state index contributed by atoms with van der Waals surface area (Å²) in [5, 5.41) is 7.40. The Morgan fingerprint density at radius 2 is 2.19 bits per heavy atom. The summed E-state index contributed by atoms with van der Waals surface area (Å²) in [5.74, 6) is -0.969. The van der Waals surface area contributed by atoms with Gasteiger partial charge in [-0.25, -0.2) is 13.8 Å². The Labute approximate surface area is 182 Å². The van der Waals surface area contributed by atoms with Gasteiger partial charge in [-0.1, -0.05) is 11.6 Å². The fourth-order valence-corrected chi connectivity index (χ4v) is 4.20. The van der Waals surface area contributed by atoms with E-state index in [1.807, 2.05) is 0 Å². The number of aryl methyl sites for hydroxylation is 1. The summed E-state index contributed by atoms with van der Waals surface area (Å²) in [4.78, 5) is 28.7. The maximum atomic E-state index is 13.4. The molecule has 0 spiro atoms. The Morgan fingerprint density at radius 1 is 1.39 bits per heavy atom. The third kappa shape index (κ3) is 4.28. The van der Waals surface area contributed by atoms with Gasteiger partial charge in [-0.3, -0.25) is 14.3 Å². The number of hydrogen-bond donors (Lipinski definition) is 2. The second kappa shape index (κ2) is 8.44. The van der Waals surface area contributed by atoms with Gasteiger partial charge in [0.05, 0.1) is 23.2 Å². The lowest BCUT2D eigenvalue weighted by molar-refractivity contribution is -0.116. The van der Waals surface area contributed by atoms with E-state index in [0.29, 0.717) is 10.4 Å². The van der Waals surface area contributed by atoms with Gasteiger partial charge in [-0.05, 0) is 18.2 Å². The number of carbonyl (C=O) groups excluding carboxylic acids is 2. The molecule has 0 aliphatic carbocycles. The molecule has 0 saturated heterocycles. The van der Waals surface area contributed by atoms with E-state index in [1.165, 1.54) is 23.2 Å². The number of halogens is 3. The first kappa shape index (κ1) is 20.9. The van der Waals surface area contributed by atoms with Gasteiger partial charge < -0.3 is 15.5 Å². The fraction of sp³-hybridized carbons (Fsp3) is 0.158. The number of nitrogens with zero attached hydrogens (tertiary/aromatic N) is 3. The number of thiophene rings is 1. The standard InChI is InChI=1S/C19H14ClF2N5O3S/c20-9-7-24-27(8-9)4-3-13(28)26-15-14-10(12-2-1-5-30-12)6-11(17(21)22)25-19(14)31-16(15)18(23)29/h1-2,5-8,17H,3-4H2,(H2,23,29)(H,26,28). The smallest absolute Gasteiger partial charge is 0.280 e. The van der Waals surface area contributed by atoms with Crippen molar-refractivity contribution < 1.29 is 22.8 Å². The van der Waals surface area contributed by atoms with Crippen molar-refractivity contribution >= 4 is 50.7 Å². The molecule has 12 heteroatoms. The van der Waals surface area contributed by atoms with Gasteiger partial charge in [0, 0.05) is 30.1 Å². The Morgan fingerprint density at radius 3 is 2.81 bits per heavy atom. The number of furan rings is 1. The minimum Gasteiger partial charge on any atom is -0.464 e. The van der Waals surface area contributed by atoms with Crippen molar-refractivity contribution in [3.05, 3.63) is 52.4 Å². The highest BCUT2D eigenvalue weighted by Gasteiger charge is 2.25. The normalized spacial score (nSPS) is 11.4. The molecular weight excluding hydrogens is 452 g/mol. The molecule has 0 fully saturated rings. The Bertz CT molecular complexity index is 1270. The first-order chi connectivity index (χ1) is 14.8. The third-order valence-electron chi connectivity index (χ3n) is 4.35. The number of aromatic nitrogens is 3.